The zero-order valence-corrected chi connectivity index (χ0v) is 16.1. The Morgan fingerprint density at radius 3 is 2.55 bits per heavy atom. The van der Waals surface area contributed by atoms with E-state index in [0.717, 1.165) is 5.56 Å². The van der Waals surface area contributed by atoms with Gasteiger partial charge < -0.3 is 14.5 Å². The van der Waals surface area contributed by atoms with Crippen LogP contribution >= 0.6 is 0 Å². The van der Waals surface area contributed by atoms with Gasteiger partial charge >= 0.3 is 0 Å². The summed E-state index contributed by atoms with van der Waals surface area (Å²) in [5.41, 5.74) is 1.58. The van der Waals surface area contributed by atoms with E-state index < -0.39 is 11.7 Å². The number of fused-ring (bicyclic) bond motifs is 1. The fourth-order valence-corrected chi connectivity index (χ4v) is 3.73. The number of furan rings is 1. The lowest BCUT2D eigenvalue weighted by Gasteiger charge is -2.34. The van der Waals surface area contributed by atoms with Gasteiger partial charge in [-0.05, 0) is 30.7 Å². The zero-order valence-electron chi connectivity index (χ0n) is 16.1. The molecular formula is C22H22F2N2O3. The van der Waals surface area contributed by atoms with E-state index in [-0.39, 0.29) is 23.2 Å². The second-order valence-corrected chi connectivity index (χ2v) is 7.10. The minimum atomic E-state index is -0.498. The third kappa shape index (κ3) is 4.02. The predicted octanol–water partition coefficient (Wildman–Crippen LogP) is 3.82. The van der Waals surface area contributed by atoms with Crippen LogP contribution in [0.25, 0.3) is 11.0 Å². The van der Waals surface area contributed by atoms with Crippen molar-refractivity contribution in [2.24, 2.45) is 0 Å². The Kier molecular flexibility index (Phi) is 5.60. The standard InChI is InChI=1S/C22H22F2N2O3/c1-14-17-3-2-4-18(24)21(17)29-20(14)22(27)25-13-19(26-9-11-28-12-10-26)15-5-7-16(23)8-6-15/h2-8,19H,9-13H2,1H3,(H,25,27)/t19-/m1/s1. The van der Waals surface area contributed by atoms with E-state index >= 15 is 0 Å². The molecule has 1 aliphatic rings. The van der Waals surface area contributed by atoms with Gasteiger partial charge in [0, 0.05) is 30.6 Å². The zero-order chi connectivity index (χ0) is 20.4. The Balaban J connectivity index is 1.55. The van der Waals surface area contributed by atoms with E-state index in [2.05, 4.69) is 10.2 Å². The van der Waals surface area contributed by atoms with Crippen LogP contribution in [0.4, 0.5) is 8.78 Å². The second-order valence-electron chi connectivity index (χ2n) is 7.10. The quantitative estimate of drug-likeness (QED) is 0.708. The number of nitrogens with one attached hydrogen (secondary N) is 1. The summed E-state index contributed by atoms with van der Waals surface area (Å²) in [6.07, 6.45) is 0. The summed E-state index contributed by atoms with van der Waals surface area (Å²) in [5.74, 6) is -1.11. The summed E-state index contributed by atoms with van der Waals surface area (Å²) in [4.78, 5) is 15.0. The maximum Gasteiger partial charge on any atom is 0.287 e. The molecule has 1 aromatic heterocycles. The van der Waals surface area contributed by atoms with Crippen LogP contribution in [-0.4, -0.2) is 43.7 Å². The van der Waals surface area contributed by atoms with Crippen molar-refractivity contribution in [3.8, 4) is 0 Å². The summed E-state index contributed by atoms with van der Waals surface area (Å²) in [7, 11) is 0. The molecule has 0 spiro atoms. The Labute approximate surface area is 167 Å². The molecular weight excluding hydrogens is 378 g/mol. The molecule has 1 N–H and O–H groups in total. The van der Waals surface area contributed by atoms with E-state index in [1.54, 1.807) is 31.2 Å². The van der Waals surface area contributed by atoms with E-state index in [0.29, 0.717) is 43.8 Å². The van der Waals surface area contributed by atoms with Crippen LogP contribution < -0.4 is 5.32 Å². The number of aryl methyl sites for hydroxylation is 1. The number of nitrogens with zero attached hydrogens (tertiary/aromatic N) is 1. The molecule has 1 aliphatic heterocycles. The highest BCUT2D eigenvalue weighted by Crippen LogP contribution is 2.27. The fourth-order valence-electron chi connectivity index (χ4n) is 3.73. The molecule has 0 unspecified atom stereocenters. The topological polar surface area (TPSA) is 54.7 Å². The number of para-hydroxylation sites is 1. The predicted molar refractivity (Wildman–Crippen MR) is 105 cm³/mol. The Bertz CT molecular complexity index is 1010. The molecule has 3 aromatic rings. The van der Waals surface area contributed by atoms with Crippen LogP contribution in [0.3, 0.4) is 0 Å². The number of carbonyl (C=O) groups is 1. The van der Waals surface area contributed by atoms with Crippen molar-refractivity contribution in [3.63, 3.8) is 0 Å². The molecule has 1 atom stereocenters. The van der Waals surface area contributed by atoms with Crippen molar-refractivity contribution in [3.05, 3.63) is 71.0 Å². The molecule has 1 saturated heterocycles. The lowest BCUT2D eigenvalue weighted by atomic mass is 10.0. The van der Waals surface area contributed by atoms with Crippen LogP contribution in [0.2, 0.25) is 0 Å². The first-order valence-electron chi connectivity index (χ1n) is 9.57. The number of hydrogen-bond donors (Lipinski definition) is 1. The van der Waals surface area contributed by atoms with Gasteiger partial charge in [0.25, 0.3) is 5.91 Å². The van der Waals surface area contributed by atoms with E-state index in [1.165, 1.54) is 18.2 Å². The first kappa shape index (κ1) is 19.5. The van der Waals surface area contributed by atoms with Gasteiger partial charge in [0.1, 0.15) is 5.82 Å². The largest absolute Gasteiger partial charge is 0.448 e. The SMILES string of the molecule is Cc1c(C(=O)NC[C@H](c2ccc(F)cc2)N2CCOCC2)oc2c(F)cccc12. The van der Waals surface area contributed by atoms with Crippen molar-refractivity contribution in [1.29, 1.82) is 0 Å². The average Bonchev–Trinajstić information content (AvgIpc) is 3.08. The minimum absolute atomic E-state index is 0.0819. The Hall–Kier alpha value is -2.77. The number of amides is 1. The molecule has 7 heteroatoms. The molecule has 29 heavy (non-hydrogen) atoms. The molecule has 0 bridgehead atoms. The van der Waals surface area contributed by atoms with Gasteiger partial charge in [-0.25, -0.2) is 8.78 Å². The summed E-state index contributed by atoms with van der Waals surface area (Å²) in [5, 5.41) is 3.48. The molecule has 5 nitrogen and oxygen atoms in total. The van der Waals surface area contributed by atoms with E-state index in [1.807, 2.05) is 0 Å². The van der Waals surface area contributed by atoms with Crippen molar-refractivity contribution in [1.82, 2.24) is 10.2 Å². The molecule has 0 radical (unpaired) electrons. The summed E-state index contributed by atoms with van der Waals surface area (Å²) in [6, 6.07) is 10.8. The van der Waals surface area contributed by atoms with Crippen molar-refractivity contribution in [2.45, 2.75) is 13.0 Å². The van der Waals surface area contributed by atoms with E-state index in [9.17, 15) is 13.6 Å². The number of hydrogen-bond acceptors (Lipinski definition) is 4. The Morgan fingerprint density at radius 2 is 1.86 bits per heavy atom. The molecule has 4 rings (SSSR count). The van der Waals surface area contributed by atoms with Gasteiger partial charge in [-0.1, -0.05) is 24.3 Å². The first-order valence-corrected chi connectivity index (χ1v) is 9.57. The van der Waals surface area contributed by atoms with Gasteiger partial charge in [-0.15, -0.1) is 0 Å². The maximum absolute atomic E-state index is 14.0. The molecule has 0 aliphatic carbocycles. The van der Waals surface area contributed by atoms with Gasteiger partial charge in [0.05, 0.1) is 19.3 Å². The van der Waals surface area contributed by atoms with Crippen molar-refractivity contribution >= 4 is 16.9 Å². The minimum Gasteiger partial charge on any atom is -0.448 e. The molecule has 1 fully saturated rings. The van der Waals surface area contributed by atoms with Crippen LogP contribution in [0.1, 0.15) is 27.7 Å². The maximum atomic E-state index is 14.0. The fraction of sp³-hybridized carbons (Fsp3) is 0.318. The second kappa shape index (κ2) is 8.31. The monoisotopic (exact) mass is 400 g/mol. The van der Waals surface area contributed by atoms with Crippen LogP contribution in [0.15, 0.2) is 46.9 Å². The van der Waals surface area contributed by atoms with Crippen molar-refractivity contribution < 1.29 is 22.7 Å². The van der Waals surface area contributed by atoms with E-state index in [4.69, 9.17) is 9.15 Å². The number of benzene rings is 2. The third-order valence-electron chi connectivity index (χ3n) is 5.32. The number of ether oxygens (including phenoxy) is 1. The molecule has 1 amide bonds. The number of carbonyl (C=O) groups excluding carboxylic acids is 1. The average molecular weight is 400 g/mol. The van der Waals surface area contributed by atoms with Gasteiger partial charge in [-0.3, -0.25) is 9.69 Å². The van der Waals surface area contributed by atoms with Crippen molar-refractivity contribution in [2.75, 3.05) is 32.8 Å². The van der Waals surface area contributed by atoms with Crippen LogP contribution in [0, 0.1) is 18.6 Å². The third-order valence-corrected chi connectivity index (χ3v) is 5.32. The smallest absolute Gasteiger partial charge is 0.287 e. The summed E-state index contributed by atoms with van der Waals surface area (Å²) < 4.78 is 38.3. The Morgan fingerprint density at radius 1 is 1.14 bits per heavy atom. The van der Waals surface area contributed by atoms with Gasteiger partial charge in [0.15, 0.2) is 17.2 Å². The number of halogens is 2. The first-order chi connectivity index (χ1) is 14.0. The molecule has 0 saturated carbocycles. The van der Waals surface area contributed by atoms with Crippen LogP contribution in [-0.2, 0) is 4.74 Å². The lowest BCUT2D eigenvalue weighted by Crippen LogP contribution is -2.43. The highest BCUT2D eigenvalue weighted by atomic mass is 19.1. The molecule has 2 aromatic carbocycles. The van der Waals surface area contributed by atoms with Gasteiger partial charge in [0.2, 0.25) is 0 Å². The normalized spacial score (nSPS) is 16.1. The summed E-state index contributed by atoms with van der Waals surface area (Å²) >= 11 is 0. The lowest BCUT2D eigenvalue weighted by molar-refractivity contribution is 0.0161. The van der Waals surface area contributed by atoms with Gasteiger partial charge in [-0.2, -0.15) is 0 Å². The molecule has 2 heterocycles. The van der Waals surface area contributed by atoms with Crippen LogP contribution in [0.5, 0.6) is 0 Å². The highest BCUT2D eigenvalue weighted by molar-refractivity contribution is 5.99. The highest BCUT2D eigenvalue weighted by Gasteiger charge is 2.25. The number of morpholine rings is 1. The molecule has 152 valence electrons. The summed E-state index contributed by atoms with van der Waals surface area (Å²) in [6.45, 7) is 4.68. The number of rotatable bonds is 5.